The molecule has 1 aromatic heterocycles. The molecule has 2 N–H and O–H groups in total. The number of carbonyl (C=O) groups excluding carboxylic acids is 1. The van der Waals surface area contributed by atoms with Gasteiger partial charge in [-0.05, 0) is 43.3 Å². The molecule has 0 aliphatic rings. The first-order valence-electron chi connectivity index (χ1n) is 9.31. The van der Waals surface area contributed by atoms with Crippen molar-refractivity contribution in [3.8, 4) is 11.5 Å². The number of aliphatic imine (C=N–C) groups is 1. The van der Waals surface area contributed by atoms with Gasteiger partial charge in [-0.15, -0.1) is 10.2 Å². The van der Waals surface area contributed by atoms with E-state index in [0.29, 0.717) is 16.3 Å². The van der Waals surface area contributed by atoms with Gasteiger partial charge in [0.2, 0.25) is 5.89 Å². The Morgan fingerprint density at radius 2 is 1.97 bits per heavy atom. The summed E-state index contributed by atoms with van der Waals surface area (Å²) >= 11 is 6.19. The zero-order valence-electron chi connectivity index (χ0n) is 17.1. The van der Waals surface area contributed by atoms with Gasteiger partial charge in [-0.2, -0.15) is 0 Å². The summed E-state index contributed by atoms with van der Waals surface area (Å²) < 4.78 is 34.3. The number of para-hydroxylation sites is 1. The molecule has 0 saturated heterocycles. The van der Waals surface area contributed by atoms with Crippen molar-refractivity contribution in [2.24, 2.45) is 10.7 Å². The number of hydrogen-bond acceptors (Lipinski definition) is 9. The predicted octanol–water partition coefficient (Wildman–Crippen LogP) is 3.32. The first-order valence-corrected chi connectivity index (χ1v) is 11.6. The van der Waals surface area contributed by atoms with Crippen molar-refractivity contribution in [2.45, 2.75) is 11.8 Å². The van der Waals surface area contributed by atoms with Gasteiger partial charge in [0, 0.05) is 11.8 Å². The van der Waals surface area contributed by atoms with Crippen molar-refractivity contribution in [2.75, 3.05) is 12.9 Å². The van der Waals surface area contributed by atoms with Gasteiger partial charge >= 0.3 is 5.97 Å². The molecule has 3 aromatic rings. The molecule has 9 nitrogen and oxygen atoms in total. The average molecular weight is 475 g/mol. The molecule has 0 fully saturated rings. The lowest BCUT2D eigenvalue weighted by atomic mass is 10.2. The van der Waals surface area contributed by atoms with Gasteiger partial charge < -0.3 is 14.9 Å². The maximum atomic E-state index is 12.0. The molecule has 32 heavy (non-hydrogen) atoms. The second-order valence-corrected chi connectivity index (χ2v) is 8.90. The molecule has 11 heteroatoms. The van der Waals surface area contributed by atoms with Crippen LogP contribution in [-0.2, 0) is 19.4 Å². The highest BCUT2D eigenvalue weighted by molar-refractivity contribution is 7.90. The van der Waals surface area contributed by atoms with Gasteiger partial charge in [0.25, 0.3) is 5.89 Å². The lowest BCUT2D eigenvalue weighted by Crippen LogP contribution is -2.16. The molecule has 2 aromatic carbocycles. The second-order valence-electron chi connectivity index (χ2n) is 6.48. The van der Waals surface area contributed by atoms with E-state index in [-0.39, 0.29) is 34.7 Å². The standard InChI is InChI=1S/C21H19ClN4O5S/c1-3-30-21(27)16(23)12-18(24-17-10-5-4-9-15(17)22)20-26-25-19(31-20)13-7-6-8-14(11-13)32(2,28)29/h4-12H,3,23H2,1-2H3. The van der Waals surface area contributed by atoms with Crippen LogP contribution in [0.15, 0.2) is 74.6 Å². The monoisotopic (exact) mass is 474 g/mol. The van der Waals surface area contributed by atoms with E-state index in [4.69, 9.17) is 26.5 Å². The number of halogens is 1. The van der Waals surface area contributed by atoms with Crippen LogP contribution >= 0.6 is 11.6 Å². The number of nitrogens with two attached hydrogens (primary N) is 1. The average Bonchev–Trinajstić information content (AvgIpc) is 3.24. The van der Waals surface area contributed by atoms with Crippen LogP contribution < -0.4 is 5.73 Å². The Balaban J connectivity index is 2.07. The fraction of sp³-hybridized carbons (Fsp3) is 0.143. The lowest BCUT2D eigenvalue weighted by Gasteiger charge is -2.03. The summed E-state index contributed by atoms with van der Waals surface area (Å²) in [5.41, 5.74) is 6.46. The minimum absolute atomic E-state index is 0.0560. The Bertz CT molecular complexity index is 1310. The van der Waals surface area contributed by atoms with Gasteiger partial charge in [-0.3, -0.25) is 0 Å². The van der Waals surface area contributed by atoms with E-state index in [1.54, 1.807) is 43.3 Å². The van der Waals surface area contributed by atoms with Gasteiger partial charge in [0.05, 0.1) is 22.2 Å². The number of sulfone groups is 1. The summed E-state index contributed by atoms with van der Waals surface area (Å²) in [6.45, 7) is 1.80. The maximum Gasteiger partial charge on any atom is 0.354 e. The molecule has 0 radical (unpaired) electrons. The largest absolute Gasteiger partial charge is 0.461 e. The van der Waals surface area contributed by atoms with Crippen LogP contribution in [0.1, 0.15) is 12.8 Å². The van der Waals surface area contributed by atoms with Crippen molar-refractivity contribution in [3.05, 3.63) is 71.2 Å². The smallest absolute Gasteiger partial charge is 0.354 e. The normalized spacial score (nSPS) is 12.6. The third-order valence-electron chi connectivity index (χ3n) is 4.05. The molecule has 0 bridgehead atoms. The van der Waals surface area contributed by atoms with E-state index in [1.807, 2.05) is 0 Å². The summed E-state index contributed by atoms with van der Waals surface area (Å²) in [5.74, 6) is -0.739. The van der Waals surface area contributed by atoms with Gasteiger partial charge in [-0.1, -0.05) is 29.8 Å². The van der Waals surface area contributed by atoms with Crippen LogP contribution in [0.4, 0.5) is 5.69 Å². The molecule has 0 spiro atoms. The molecule has 0 aliphatic heterocycles. The van der Waals surface area contributed by atoms with Crippen molar-refractivity contribution in [1.29, 1.82) is 0 Å². The molecular formula is C21H19ClN4O5S. The Labute approximate surface area is 189 Å². The summed E-state index contributed by atoms with van der Waals surface area (Å²) in [6.07, 6.45) is 2.34. The van der Waals surface area contributed by atoms with Crippen molar-refractivity contribution in [3.63, 3.8) is 0 Å². The highest BCUT2D eigenvalue weighted by atomic mass is 35.5. The lowest BCUT2D eigenvalue weighted by molar-refractivity contribution is -0.138. The third-order valence-corrected chi connectivity index (χ3v) is 5.48. The number of nitrogens with zero attached hydrogens (tertiary/aromatic N) is 3. The molecule has 0 atom stereocenters. The van der Waals surface area contributed by atoms with Crippen LogP contribution in [-0.4, -0.2) is 43.2 Å². The number of esters is 1. The van der Waals surface area contributed by atoms with E-state index < -0.39 is 15.8 Å². The summed E-state index contributed by atoms with van der Waals surface area (Å²) in [7, 11) is -3.42. The topological polar surface area (TPSA) is 138 Å². The van der Waals surface area contributed by atoms with Gasteiger partial charge in [-0.25, -0.2) is 18.2 Å². The molecule has 3 rings (SSSR count). The number of rotatable bonds is 7. The molecule has 0 aliphatic carbocycles. The fourth-order valence-electron chi connectivity index (χ4n) is 2.54. The molecule has 1 heterocycles. The minimum Gasteiger partial charge on any atom is -0.461 e. The minimum atomic E-state index is -3.42. The zero-order chi connectivity index (χ0) is 23.3. The van der Waals surface area contributed by atoms with E-state index in [2.05, 4.69) is 15.2 Å². The quantitative estimate of drug-likeness (QED) is 0.312. The molecule has 166 valence electrons. The van der Waals surface area contributed by atoms with Crippen molar-refractivity contribution < 1.29 is 22.4 Å². The van der Waals surface area contributed by atoms with Gasteiger partial charge in [0.15, 0.2) is 9.84 Å². The fourth-order valence-corrected chi connectivity index (χ4v) is 3.38. The Kier molecular flexibility index (Phi) is 7.06. The predicted molar refractivity (Wildman–Crippen MR) is 119 cm³/mol. The molecular weight excluding hydrogens is 456 g/mol. The van der Waals surface area contributed by atoms with E-state index in [1.165, 1.54) is 18.2 Å². The highest BCUT2D eigenvalue weighted by Gasteiger charge is 2.18. The van der Waals surface area contributed by atoms with Crippen LogP contribution in [0.3, 0.4) is 0 Å². The SMILES string of the molecule is CCOC(=O)C(N)=CC(=Nc1ccccc1Cl)c1nnc(-c2cccc(S(C)(=O)=O)c2)o1. The maximum absolute atomic E-state index is 12.0. The van der Waals surface area contributed by atoms with Gasteiger partial charge in [0.1, 0.15) is 11.4 Å². The molecule has 0 saturated carbocycles. The third kappa shape index (κ3) is 5.59. The Hall–Kier alpha value is -3.50. The second kappa shape index (κ2) is 9.75. The van der Waals surface area contributed by atoms with E-state index >= 15 is 0 Å². The van der Waals surface area contributed by atoms with E-state index in [9.17, 15) is 13.2 Å². The number of benzene rings is 2. The van der Waals surface area contributed by atoms with Crippen LogP contribution in [0, 0.1) is 0 Å². The first-order chi connectivity index (χ1) is 15.2. The van der Waals surface area contributed by atoms with Crippen LogP contribution in [0.2, 0.25) is 5.02 Å². The first kappa shape index (κ1) is 23.2. The van der Waals surface area contributed by atoms with E-state index in [0.717, 1.165) is 6.26 Å². The highest BCUT2D eigenvalue weighted by Crippen LogP contribution is 2.26. The zero-order valence-corrected chi connectivity index (χ0v) is 18.7. The summed E-state index contributed by atoms with van der Waals surface area (Å²) in [6, 6.07) is 12.8. The number of aromatic nitrogens is 2. The molecule has 0 amide bonds. The number of allylic oxidation sites excluding steroid dienone is 1. The van der Waals surface area contributed by atoms with Crippen molar-refractivity contribution in [1.82, 2.24) is 10.2 Å². The Morgan fingerprint density at radius 1 is 1.22 bits per heavy atom. The van der Waals surface area contributed by atoms with Crippen LogP contribution in [0.25, 0.3) is 11.5 Å². The molecule has 0 unspecified atom stereocenters. The van der Waals surface area contributed by atoms with Crippen LogP contribution in [0.5, 0.6) is 0 Å². The number of hydrogen-bond donors (Lipinski definition) is 1. The van der Waals surface area contributed by atoms with Crippen molar-refractivity contribution >= 4 is 38.8 Å². The summed E-state index contributed by atoms with van der Waals surface area (Å²) in [4.78, 5) is 16.5. The number of carbonyl (C=O) groups is 1. The summed E-state index contributed by atoms with van der Waals surface area (Å²) in [5, 5.41) is 8.30. The Morgan fingerprint density at radius 3 is 2.66 bits per heavy atom. The number of ether oxygens (including phenoxy) is 1.